The van der Waals surface area contributed by atoms with Gasteiger partial charge in [0.25, 0.3) is 0 Å². The lowest BCUT2D eigenvalue weighted by Gasteiger charge is -2.28. The topological polar surface area (TPSA) is 92.6 Å². The Bertz CT molecular complexity index is 1070. The van der Waals surface area contributed by atoms with Crippen molar-refractivity contribution in [2.24, 2.45) is 0 Å². The third kappa shape index (κ3) is 5.08. The van der Waals surface area contributed by atoms with E-state index in [4.69, 9.17) is 14.5 Å². The summed E-state index contributed by atoms with van der Waals surface area (Å²) in [6.07, 6.45) is 1.61. The molecule has 0 spiro atoms. The van der Waals surface area contributed by atoms with Gasteiger partial charge in [0, 0.05) is 56.7 Å². The van der Waals surface area contributed by atoms with Gasteiger partial charge in [0.1, 0.15) is 6.33 Å². The molecular formula is C24H34N8O2. The van der Waals surface area contributed by atoms with Crippen molar-refractivity contribution in [2.75, 3.05) is 81.2 Å². The van der Waals surface area contributed by atoms with Crippen LogP contribution in [0.5, 0.6) is 0 Å². The lowest BCUT2D eigenvalue weighted by molar-refractivity contribution is 0.0398. The summed E-state index contributed by atoms with van der Waals surface area (Å²) in [6, 6.07) is 8.68. The normalized spacial score (nSPS) is 17.4. The smallest absolute Gasteiger partial charge is 0.210 e. The first kappa shape index (κ1) is 22.8. The molecule has 2 aliphatic heterocycles. The zero-order chi connectivity index (χ0) is 23.3. The molecule has 0 bridgehead atoms. The van der Waals surface area contributed by atoms with Crippen LogP contribution in [-0.2, 0) is 9.47 Å². The number of hydrogen-bond donors (Lipinski definition) is 2. The molecule has 0 saturated carbocycles. The van der Waals surface area contributed by atoms with Crippen LogP contribution in [0.3, 0.4) is 0 Å². The summed E-state index contributed by atoms with van der Waals surface area (Å²) in [6.45, 7) is 13.0. The minimum Gasteiger partial charge on any atom is -0.379 e. The van der Waals surface area contributed by atoms with Gasteiger partial charge in [-0.1, -0.05) is 0 Å². The number of nitrogens with one attached hydrogen (secondary N) is 2. The number of anilines is 4. The number of imidazole rings is 1. The average molecular weight is 467 g/mol. The fraction of sp³-hybridized carbons (Fsp3) is 0.542. The van der Waals surface area contributed by atoms with Gasteiger partial charge in [-0.15, -0.1) is 0 Å². The Morgan fingerprint density at radius 1 is 0.941 bits per heavy atom. The number of rotatable bonds is 8. The highest BCUT2D eigenvalue weighted by atomic mass is 16.5. The van der Waals surface area contributed by atoms with Gasteiger partial charge in [-0.2, -0.15) is 0 Å². The molecule has 10 nitrogen and oxygen atoms in total. The standard InChI is InChI=1S/C24H34N8O2/c1-18(2)32-23-21(22(26-17-27-23)25-7-8-30-9-13-33-14-10-30)29-24(32)28-19-3-5-20(6-4-19)31-11-15-34-16-12-31/h3-6,17-18H,7-16H2,1-2H3,(H,28,29)(H,25,26,27). The van der Waals surface area contributed by atoms with E-state index in [2.05, 4.69) is 73.1 Å². The van der Waals surface area contributed by atoms with Crippen LogP contribution in [0.25, 0.3) is 11.2 Å². The first-order chi connectivity index (χ1) is 16.7. The maximum atomic E-state index is 5.46. The van der Waals surface area contributed by atoms with E-state index in [1.165, 1.54) is 5.69 Å². The molecule has 0 amide bonds. The van der Waals surface area contributed by atoms with E-state index < -0.39 is 0 Å². The van der Waals surface area contributed by atoms with Crippen LogP contribution in [0, 0.1) is 0 Å². The molecule has 0 atom stereocenters. The van der Waals surface area contributed by atoms with E-state index in [9.17, 15) is 0 Å². The lowest BCUT2D eigenvalue weighted by atomic mass is 10.2. The Morgan fingerprint density at radius 3 is 2.35 bits per heavy atom. The van der Waals surface area contributed by atoms with Gasteiger partial charge in [-0.05, 0) is 38.1 Å². The third-order valence-corrected chi connectivity index (χ3v) is 6.32. The van der Waals surface area contributed by atoms with Crippen LogP contribution in [0.2, 0.25) is 0 Å². The van der Waals surface area contributed by atoms with E-state index >= 15 is 0 Å². The molecular weight excluding hydrogens is 432 g/mol. The number of hydrogen-bond acceptors (Lipinski definition) is 9. The number of nitrogens with zero attached hydrogens (tertiary/aromatic N) is 6. The fourth-order valence-corrected chi connectivity index (χ4v) is 4.48. The Hall–Kier alpha value is -2.95. The molecule has 0 unspecified atom stereocenters. The molecule has 5 rings (SSSR count). The Morgan fingerprint density at radius 2 is 1.65 bits per heavy atom. The molecule has 34 heavy (non-hydrogen) atoms. The summed E-state index contributed by atoms with van der Waals surface area (Å²) < 4.78 is 13.0. The monoisotopic (exact) mass is 466 g/mol. The molecule has 2 N–H and O–H groups in total. The van der Waals surface area contributed by atoms with E-state index in [-0.39, 0.29) is 6.04 Å². The molecule has 3 aromatic rings. The summed E-state index contributed by atoms with van der Waals surface area (Å²) in [7, 11) is 0. The predicted octanol–water partition coefficient (Wildman–Crippen LogP) is 2.73. The van der Waals surface area contributed by atoms with Crippen LogP contribution in [-0.4, -0.2) is 90.1 Å². The van der Waals surface area contributed by atoms with Crippen LogP contribution >= 0.6 is 0 Å². The number of aromatic nitrogens is 4. The predicted molar refractivity (Wildman–Crippen MR) is 134 cm³/mol. The average Bonchev–Trinajstić information content (AvgIpc) is 3.25. The molecule has 1 aromatic carbocycles. The molecule has 0 radical (unpaired) electrons. The summed E-state index contributed by atoms with van der Waals surface area (Å²) in [5.41, 5.74) is 3.81. The third-order valence-electron chi connectivity index (χ3n) is 6.32. The van der Waals surface area contributed by atoms with Crippen molar-refractivity contribution in [3.05, 3.63) is 30.6 Å². The van der Waals surface area contributed by atoms with Crippen LogP contribution in [0.15, 0.2) is 30.6 Å². The number of fused-ring (bicyclic) bond motifs is 1. The summed E-state index contributed by atoms with van der Waals surface area (Å²) >= 11 is 0. The second-order valence-electron chi connectivity index (χ2n) is 8.95. The molecule has 2 fully saturated rings. The first-order valence-corrected chi connectivity index (χ1v) is 12.2. The highest BCUT2D eigenvalue weighted by Crippen LogP contribution is 2.29. The van der Waals surface area contributed by atoms with E-state index in [1.807, 2.05) is 0 Å². The van der Waals surface area contributed by atoms with Crippen molar-refractivity contribution < 1.29 is 9.47 Å². The van der Waals surface area contributed by atoms with Crippen LogP contribution < -0.4 is 15.5 Å². The molecule has 2 aliphatic rings. The van der Waals surface area contributed by atoms with Gasteiger partial charge < -0.3 is 25.0 Å². The highest BCUT2D eigenvalue weighted by molar-refractivity contribution is 5.86. The molecule has 4 heterocycles. The molecule has 0 aliphatic carbocycles. The lowest BCUT2D eigenvalue weighted by Crippen LogP contribution is -2.39. The number of benzene rings is 1. The van der Waals surface area contributed by atoms with E-state index in [0.29, 0.717) is 0 Å². The van der Waals surface area contributed by atoms with E-state index in [0.717, 1.165) is 94.3 Å². The highest BCUT2D eigenvalue weighted by Gasteiger charge is 2.19. The second kappa shape index (κ2) is 10.5. The maximum absolute atomic E-state index is 5.46. The quantitative estimate of drug-likeness (QED) is 0.520. The SMILES string of the molecule is CC(C)n1c(Nc2ccc(N3CCOCC3)cc2)nc2c(NCCN3CCOCC3)ncnc21. The number of morpholine rings is 2. The van der Waals surface area contributed by atoms with Gasteiger partial charge >= 0.3 is 0 Å². The van der Waals surface area contributed by atoms with Gasteiger partial charge in [-0.25, -0.2) is 15.0 Å². The van der Waals surface area contributed by atoms with Crippen molar-refractivity contribution in [3.8, 4) is 0 Å². The molecule has 2 aromatic heterocycles. The van der Waals surface area contributed by atoms with Gasteiger partial charge in [0.05, 0.1) is 26.4 Å². The largest absolute Gasteiger partial charge is 0.379 e. The minimum atomic E-state index is 0.191. The zero-order valence-electron chi connectivity index (χ0n) is 20.0. The fourth-order valence-electron chi connectivity index (χ4n) is 4.48. The zero-order valence-corrected chi connectivity index (χ0v) is 20.0. The van der Waals surface area contributed by atoms with Crippen molar-refractivity contribution in [3.63, 3.8) is 0 Å². The van der Waals surface area contributed by atoms with Crippen LogP contribution in [0.4, 0.5) is 23.1 Å². The summed E-state index contributed by atoms with van der Waals surface area (Å²) in [5, 5.41) is 6.97. The second-order valence-corrected chi connectivity index (χ2v) is 8.95. The Balaban J connectivity index is 1.33. The van der Waals surface area contributed by atoms with Crippen molar-refractivity contribution in [2.45, 2.75) is 19.9 Å². The maximum Gasteiger partial charge on any atom is 0.210 e. The summed E-state index contributed by atoms with van der Waals surface area (Å²) in [5.74, 6) is 1.53. The van der Waals surface area contributed by atoms with Crippen molar-refractivity contribution >= 4 is 34.3 Å². The minimum absolute atomic E-state index is 0.191. The Kier molecular flexibility index (Phi) is 7.08. The van der Waals surface area contributed by atoms with Gasteiger partial charge in [0.2, 0.25) is 5.95 Å². The van der Waals surface area contributed by atoms with E-state index in [1.54, 1.807) is 6.33 Å². The van der Waals surface area contributed by atoms with Gasteiger partial charge in [-0.3, -0.25) is 9.47 Å². The molecule has 10 heteroatoms. The van der Waals surface area contributed by atoms with Crippen LogP contribution in [0.1, 0.15) is 19.9 Å². The summed E-state index contributed by atoms with van der Waals surface area (Å²) in [4.78, 5) is 18.7. The first-order valence-electron chi connectivity index (χ1n) is 12.2. The van der Waals surface area contributed by atoms with Crippen molar-refractivity contribution in [1.82, 2.24) is 24.4 Å². The van der Waals surface area contributed by atoms with Gasteiger partial charge in [0.15, 0.2) is 17.0 Å². The Labute approximate surface area is 200 Å². The van der Waals surface area contributed by atoms with Crippen molar-refractivity contribution in [1.29, 1.82) is 0 Å². The molecule has 2 saturated heterocycles. The number of ether oxygens (including phenoxy) is 2. The molecule has 182 valence electrons.